The van der Waals surface area contributed by atoms with Crippen molar-refractivity contribution in [3.8, 4) is 5.69 Å². The molecule has 2 aromatic rings. The van der Waals surface area contributed by atoms with E-state index in [0.717, 1.165) is 25.1 Å². The molecule has 2 unspecified atom stereocenters. The molecule has 1 aliphatic heterocycles. The van der Waals surface area contributed by atoms with Crippen LogP contribution in [0.3, 0.4) is 0 Å². The summed E-state index contributed by atoms with van der Waals surface area (Å²) >= 11 is 0. The molecule has 1 aromatic heterocycles. The van der Waals surface area contributed by atoms with E-state index in [9.17, 15) is 4.79 Å². The number of hydrogen-bond acceptors (Lipinski definition) is 3. The minimum absolute atomic E-state index is 0.0320. The van der Waals surface area contributed by atoms with Crippen molar-refractivity contribution in [2.75, 3.05) is 13.1 Å². The first-order chi connectivity index (χ1) is 10.7. The van der Waals surface area contributed by atoms with Crippen molar-refractivity contribution in [2.45, 2.75) is 25.8 Å². The molecule has 5 nitrogen and oxygen atoms in total. The van der Waals surface area contributed by atoms with E-state index in [4.69, 9.17) is 5.73 Å². The monoisotopic (exact) mass is 298 g/mol. The lowest BCUT2D eigenvalue weighted by atomic mass is 9.92. The van der Waals surface area contributed by atoms with Gasteiger partial charge in [-0.05, 0) is 30.9 Å². The summed E-state index contributed by atoms with van der Waals surface area (Å²) in [5.74, 6) is 0.661. The van der Waals surface area contributed by atoms with Gasteiger partial charge in [0.2, 0.25) is 0 Å². The third-order valence-electron chi connectivity index (χ3n) is 4.36. The number of hydrogen-bond donors (Lipinski definition) is 1. The molecule has 5 heteroatoms. The molecule has 0 spiro atoms. The highest BCUT2D eigenvalue weighted by Gasteiger charge is 2.30. The Morgan fingerprint density at radius 1 is 1.36 bits per heavy atom. The van der Waals surface area contributed by atoms with E-state index in [-0.39, 0.29) is 11.9 Å². The molecule has 1 amide bonds. The zero-order chi connectivity index (χ0) is 15.5. The Bertz CT molecular complexity index is 637. The molecule has 1 aliphatic rings. The van der Waals surface area contributed by atoms with Crippen LogP contribution < -0.4 is 5.73 Å². The fourth-order valence-electron chi connectivity index (χ4n) is 3.06. The van der Waals surface area contributed by atoms with Crippen LogP contribution in [0.1, 0.15) is 30.1 Å². The smallest absolute Gasteiger partial charge is 0.257 e. The van der Waals surface area contributed by atoms with E-state index in [1.165, 1.54) is 0 Å². The van der Waals surface area contributed by atoms with Crippen LogP contribution in [-0.4, -0.2) is 39.7 Å². The quantitative estimate of drug-likeness (QED) is 0.943. The van der Waals surface area contributed by atoms with Crippen molar-refractivity contribution < 1.29 is 4.79 Å². The van der Waals surface area contributed by atoms with E-state index >= 15 is 0 Å². The van der Waals surface area contributed by atoms with Crippen LogP contribution in [0.15, 0.2) is 42.7 Å². The number of piperidine rings is 1. The number of amides is 1. The number of carbonyl (C=O) groups is 1. The second-order valence-electron chi connectivity index (χ2n) is 6.03. The highest BCUT2D eigenvalue weighted by atomic mass is 16.2. The minimum atomic E-state index is 0.0320. The predicted octanol–water partition coefficient (Wildman–Crippen LogP) is 2.07. The Morgan fingerprint density at radius 3 is 2.86 bits per heavy atom. The van der Waals surface area contributed by atoms with Gasteiger partial charge in [0.05, 0.1) is 17.4 Å². The van der Waals surface area contributed by atoms with E-state index in [0.29, 0.717) is 18.0 Å². The molecule has 0 aliphatic carbocycles. The number of aromatic nitrogens is 2. The molecule has 1 saturated heterocycles. The van der Waals surface area contributed by atoms with Crippen LogP contribution >= 0.6 is 0 Å². The van der Waals surface area contributed by atoms with Crippen LogP contribution in [-0.2, 0) is 0 Å². The summed E-state index contributed by atoms with van der Waals surface area (Å²) in [5.41, 5.74) is 7.42. The zero-order valence-corrected chi connectivity index (χ0v) is 12.9. The highest BCUT2D eigenvalue weighted by Crippen LogP contribution is 2.23. The number of nitrogens with zero attached hydrogens (tertiary/aromatic N) is 3. The number of para-hydroxylation sites is 1. The number of rotatable bonds is 3. The summed E-state index contributed by atoms with van der Waals surface area (Å²) in [6.45, 7) is 3.51. The van der Waals surface area contributed by atoms with Crippen LogP contribution in [0, 0.1) is 5.92 Å². The second kappa shape index (κ2) is 6.32. The van der Waals surface area contributed by atoms with E-state index in [1.807, 2.05) is 35.2 Å². The van der Waals surface area contributed by atoms with Crippen LogP contribution in [0.4, 0.5) is 0 Å². The Kier molecular flexibility index (Phi) is 4.24. The van der Waals surface area contributed by atoms with Crippen LogP contribution in [0.2, 0.25) is 0 Å². The first-order valence-electron chi connectivity index (χ1n) is 7.80. The van der Waals surface area contributed by atoms with Crippen molar-refractivity contribution in [2.24, 2.45) is 11.7 Å². The first-order valence-corrected chi connectivity index (χ1v) is 7.80. The third-order valence-corrected chi connectivity index (χ3v) is 4.36. The lowest BCUT2D eigenvalue weighted by molar-refractivity contribution is 0.0573. The lowest BCUT2D eigenvalue weighted by Crippen LogP contribution is -2.49. The van der Waals surface area contributed by atoms with Gasteiger partial charge >= 0.3 is 0 Å². The Labute approximate surface area is 130 Å². The van der Waals surface area contributed by atoms with Gasteiger partial charge in [0.15, 0.2) is 0 Å². The van der Waals surface area contributed by atoms with Crippen molar-refractivity contribution in [1.82, 2.24) is 14.7 Å². The highest BCUT2D eigenvalue weighted by molar-refractivity contribution is 5.94. The first kappa shape index (κ1) is 14.8. The molecule has 116 valence electrons. The van der Waals surface area contributed by atoms with E-state index in [2.05, 4.69) is 12.0 Å². The topological polar surface area (TPSA) is 64.2 Å². The number of nitrogens with two attached hydrogens (primary N) is 1. The molecule has 3 rings (SSSR count). The molecule has 0 radical (unpaired) electrons. The summed E-state index contributed by atoms with van der Waals surface area (Å²) < 4.78 is 1.73. The van der Waals surface area contributed by atoms with Gasteiger partial charge in [0.1, 0.15) is 0 Å². The fourth-order valence-corrected chi connectivity index (χ4v) is 3.06. The Morgan fingerprint density at radius 2 is 2.14 bits per heavy atom. The molecule has 0 bridgehead atoms. The average Bonchev–Trinajstić information content (AvgIpc) is 3.05. The minimum Gasteiger partial charge on any atom is -0.334 e. The summed E-state index contributed by atoms with van der Waals surface area (Å²) in [7, 11) is 0. The fraction of sp³-hybridized carbons (Fsp3) is 0.412. The average molecular weight is 298 g/mol. The molecular formula is C17H22N4O. The van der Waals surface area contributed by atoms with Gasteiger partial charge in [-0.25, -0.2) is 4.68 Å². The van der Waals surface area contributed by atoms with Crippen molar-refractivity contribution in [3.05, 3.63) is 48.3 Å². The number of likely N-dealkylation sites (tertiary alicyclic amines) is 1. The van der Waals surface area contributed by atoms with Gasteiger partial charge in [0.25, 0.3) is 5.91 Å². The normalized spacial score (nSPS) is 21.8. The molecular weight excluding hydrogens is 276 g/mol. The SMILES string of the molecule is CC1CCN(C(=O)c2cnn(-c3ccccc3)c2)C(CN)C1. The number of benzene rings is 1. The zero-order valence-electron chi connectivity index (χ0n) is 12.9. The van der Waals surface area contributed by atoms with E-state index in [1.54, 1.807) is 17.1 Å². The Balaban J connectivity index is 1.79. The summed E-state index contributed by atoms with van der Waals surface area (Å²) in [5, 5.41) is 4.31. The predicted molar refractivity (Wildman–Crippen MR) is 85.8 cm³/mol. The Hall–Kier alpha value is -2.14. The molecule has 2 atom stereocenters. The molecule has 2 heterocycles. The molecule has 0 saturated carbocycles. The van der Waals surface area contributed by atoms with Gasteiger partial charge in [0, 0.05) is 25.3 Å². The maximum absolute atomic E-state index is 12.7. The van der Waals surface area contributed by atoms with Crippen molar-refractivity contribution >= 4 is 5.91 Å². The molecule has 1 fully saturated rings. The lowest BCUT2D eigenvalue weighted by Gasteiger charge is -2.37. The second-order valence-corrected chi connectivity index (χ2v) is 6.03. The van der Waals surface area contributed by atoms with Crippen LogP contribution in [0.25, 0.3) is 5.69 Å². The molecule has 1 aromatic carbocycles. The summed E-state index contributed by atoms with van der Waals surface area (Å²) in [6.07, 6.45) is 5.45. The van der Waals surface area contributed by atoms with Gasteiger partial charge in [-0.3, -0.25) is 4.79 Å². The largest absolute Gasteiger partial charge is 0.334 e. The summed E-state index contributed by atoms with van der Waals surface area (Å²) in [6, 6.07) is 9.93. The summed E-state index contributed by atoms with van der Waals surface area (Å²) in [4.78, 5) is 14.6. The molecule has 2 N–H and O–H groups in total. The maximum atomic E-state index is 12.7. The van der Waals surface area contributed by atoms with Crippen LogP contribution in [0.5, 0.6) is 0 Å². The van der Waals surface area contributed by atoms with Gasteiger partial charge in [-0.1, -0.05) is 25.1 Å². The van der Waals surface area contributed by atoms with E-state index < -0.39 is 0 Å². The van der Waals surface area contributed by atoms with Crippen molar-refractivity contribution in [1.29, 1.82) is 0 Å². The maximum Gasteiger partial charge on any atom is 0.257 e. The third kappa shape index (κ3) is 2.90. The standard InChI is InChI=1S/C17H22N4O/c1-13-7-8-20(16(9-13)10-18)17(22)14-11-19-21(12-14)15-5-3-2-4-6-15/h2-6,11-13,16H,7-10,18H2,1H3. The number of carbonyl (C=O) groups excluding carboxylic acids is 1. The molecule has 22 heavy (non-hydrogen) atoms. The van der Waals surface area contributed by atoms with Gasteiger partial charge in [-0.2, -0.15) is 5.10 Å². The van der Waals surface area contributed by atoms with Gasteiger partial charge in [-0.15, -0.1) is 0 Å². The van der Waals surface area contributed by atoms with Gasteiger partial charge < -0.3 is 10.6 Å². The van der Waals surface area contributed by atoms with Crippen molar-refractivity contribution in [3.63, 3.8) is 0 Å².